The van der Waals surface area contributed by atoms with E-state index in [9.17, 15) is 9.59 Å². The number of ether oxygens (including phenoxy) is 1. The smallest absolute Gasteiger partial charge is 0.303 e. The average molecular weight is 239 g/mol. The van der Waals surface area contributed by atoms with Gasteiger partial charge < -0.3 is 14.9 Å². The van der Waals surface area contributed by atoms with Gasteiger partial charge in [-0.15, -0.1) is 0 Å². The van der Waals surface area contributed by atoms with E-state index in [-0.39, 0.29) is 12.8 Å². The number of carbonyl (C=O) groups is 2. The van der Waals surface area contributed by atoms with Gasteiger partial charge in [0.25, 0.3) is 0 Å². The zero-order valence-corrected chi connectivity index (χ0v) is 9.29. The standard InChI is InChI=1S/C11H13NO5/c1-17-9-2-8(5-12-6-9)7(3-10(13)14)4-11(15)16/h2,5-7H,3-4H2,1H3,(H,13,14)(H,15,16). The van der Waals surface area contributed by atoms with Crippen LogP contribution in [0.15, 0.2) is 18.5 Å². The molecule has 0 atom stereocenters. The number of hydrogen-bond acceptors (Lipinski definition) is 4. The summed E-state index contributed by atoms with van der Waals surface area (Å²) in [6.07, 6.45) is 2.43. The molecule has 1 aromatic heterocycles. The summed E-state index contributed by atoms with van der Waals surface area (Å²) < 4.78 is 4.96. The minimum Gasteiger partial charge on any atom is -0.495 e. The summed E-state index contributed by atoms with van der Waals surface area (Å²) in [7, 11) is 1.46. The van der Waals surface area contributed by atoms with Gasteiger partial charge in [-0.25, -0.2) is 0 Å². The summed E-state index contributed by atoms with van der Waals surface area (Å²) in [5.74, 6) is -2.21. The molecule has 0 aromatic carbocycles. The number of aliphatic carboxylic acids is 2. The van der Waals surface area contributed by atoms with Crippen molar-refractivity contribution in [1.82, 2.24) is 4.98 Å². The van der Waals surface area contributed by atoms with Crippen LogP contribution in [0.2, 0.25) is 0 Å². The Hall–Kier alpha value is -2.11. The largest absolute Gasteiger partial charge is 0.495 e. The molecule has 1 aromatic rings. The zero-order chi connectivity index (χ0) is 12.8. The number of methoxy groups -OCH3 is 1. The highest BCUT2D eigenvalue weighted by atomic mass is 16.5. The lowest BCUT2D eigenvalue weighted by Crippen LogP contribution is -2.11. The molecule has 0 aliphatic rings. The van der Waals surface area contributed by atoms with E-state index in [0.29, 0.717) is 11.3 Å². The molecule has 1 heterocycles. The average Bonchev–Trinajstić information content (AvgIpc) is 2.27. The topological polar surface area (TPSA) is 96.7 Å². The van der Waals surface area contributed by atoms with Gasteiger partial charge in [0.1, 0.15) is 5.75 Å². The zero-order valence-electron chi connectivity index (χ0n) is 9.29. The molecule has 17 heavy (non-hydrogen) atoms. The van der Waals surface area contributed by atoms with Crippen LogP contribution in [0.4, 0.5) is 0 Å². The number of carboxylic acids is 2. The number of carboxylic acid groups (broad SMARTS) is 2. The van der Waals surface area contributed by atoms with E-state index in [1.54, 1.807) is 6.07 Å². The Morgan fingerprint density at radius 2 is 1.88 bits per heavy atom. The number of aromatic nitrogens is 1. The van der Waals surface area contributed by atoms with Crippen molar-refractivity contribution < 1.29 is 24.5 Å². The van der Waals surface area contributed by atoms with Crippen LogP contribution >= 0.6 is 0 Å². The second kappa shape index (κ2) is 5.83. The molecule has 0 fully saturated rings. The van der Waals surface area contributed by atoms with Crippen LogP contribution in [0.3, 0.4) is 0 Å². The maximum Gasteiger partial charge on any atom is 0.303 e. The van der Waals surface area contributed by atoms with Gasteiger partial charge in [0, 0.05) is 12.1 Å². The molecule has 2 N–H and O–H groups in total. The first kappa shape index (κ1) is 13.0. The van der Waals surface area contributed by atoms with Gasteiger partial charge in [-0.1, -0.05) is 0 Å². The Labute approximate surface area is 97.9 Å². The second-order valence-electron chi connectivity index (χ2n) is 3.55. The summed E-state index contributed by atoms with van der Waals surface area (Å²) in [6, 6.07) is 1.60. The highest BCUT2D eigenvalue weighted by molar-refractivity contribution is 5.72. The highest BCUT2D eigenvalue weighted by Crippen LogP contribution is 2.25. The van der Waals surface area contributed by atoms with Crippen LogP contribution in [-0.4, -0.2) is 34.2 Å². The molecule has 0 radical (unpaired) electrons. The summed E-state index contributed by atoms with van der Waals surface area (Å²) in [5.41, 5.74) is 0.550. The van der Waals surface area contributed by atoms with Crippen LogP contribution in [0, 0.1) is 0 Å². The van der Waals surface area contributed by atoms with Crippen molar-refractivity contribution in [2.24, 2.45) is 0 Å². The quantitative estimate of drug-likeness (QED) is 0.772. The molecule has 6 nitrogen and oxygen atoms in total. The Bertz CT molecular complexity index is 402. The van der Waals surface area contributed by atoms with Gasteiger partial charge in [-0.2, -0.15) is 0 Å². The molecule has 0 spiro atoms. The molecule has 0 saturated heterocycles. The number of pyridine rings is 1. The fourth-order valence-corrected chi connectivity index (χ4v) is 1.50. The first-order chi connectivity index (χ1) is 8.02. The van der Waals surface area contributed by atoms with Crippen LogP contribution in [-0.2, 0) is 9.59 Å². The van der Waals surface area contributed by atoms with E-state index in [1.165, 1.54) is 19.5 Å². The molecule has 0 unspecified atom stereocenters. The lowest BCUT2D eigenvalue weighted by atomic mass is 9.94. The van der Waals surface area contributed by atoms with Crippen LogP contribution < -0.4 is 4.74 Å². The molecule has 1 rings (SSSR count). The van der Waals surface area contributed by atoms with Gasteiger partial charge in [-0.05, 0) is 11.6 Å². The third-order valence-electron chi connectivity index (χ3n) is 2.28. The van der Waals surface area contributed by atoms with Gasteiger partial charge in [0.05, 0.1) is 26.1 Å². The SMILES string of the molecule is COc1cncc(C(CC(=O)O)CC(=O)O)c1. The van der Waals surface area contributed by atoms with Crippen molar-refractivity contribution in [3.8, 4) is 5.75 Å². The monoisotopic (exact) mass is 239 g/mol. The Kier molecular flexibility index (Phi) is 4.45. The molecule has 6 heteroatoms. The van der Waals surface area contributed by atoms with E-state index in [0.717, 1.165) is 0 Å². The third-order valence-corrected chi connectivity index (χ3v) is 2.28. The predicted octanol–water partition coefficient (Wildman–Crippen LogP) is 1.12. The summed E-state index contributed by atoms with van der Waals surface area (Å²) in [6.45, 7) is 0. The van der Waals surface area contributed by atoms with E-state index in [4.69, 9.17) is 14.9 Å². The van der Waals surface area contributed by atoms with Gasteiger partial charge in [-0.3, -0.25) is 14.6 Å². The van der Waals surface area contributed by atoms with Crippen LogP contribution in [0.1, 0.15) is 24.3 Å². The summed E-state index contributed by atoms with van der Waals surface area (Å²) in [5, 5.41) is 17.5. The number of nitrogens with zero attached hydrogens (tertiary/aromatic N) is 1. The summed E-state index contributed by atoms with van der Waals surface area (Å²) in [4.78, 5) is 25.2. The normalized spacial score (nSPS) is 10.2. The fourth-order valence-electron chi connectivity index (χ4n) is 1.50. The first-order valence-electron chi connectivity index (χ1n) is 4.95. The van der Waals surface area contributed by atoms with Crippen molar-refractivity contribution in [2.75, 3.05) is 7.11 Å². The number of rotatable bonds is 6. The van der Waals surface area contributed by atoms with Crippen molar-refractivity contribution in [3.05, 3.63) is 24.0 Å². The maximum atomic E-state index is 10.7. The molecular weight excluding hydrogens is 226 g/mol. The van der Waals surface area contributed by atoms with Gasteiger partial charge >= 0.3 is 11.9 Å². The van der Waals surface area contributed by atoms with Crippen LogP contribution in [0.5, 0.6) is 5.75 Å². The molecule has 92 valence electrons. The maximum absolute atomic E-state index is 10.7. The molecule has 0 aliphatic carbocycles. The lowest BCUT2D eigenvalue weighted by Gasteiger charge is -2.13. The second-order valence-corrected chi connectivity index (χ2v) is 3.55. The molecule has 0 saturated carbocycles. The number of hydrogen-bond donors (Lipinski definition) is 2. The van der Waals surface area contributed by atoms with Crippen LogP contribution in [0.25, 0.3) is 0 Å². The van der Waals surface area contributed by atoms with Gasteiger partial charge in [0.15, 0.2) is 0 Å². The van der Waals surface area contributed by atoms with E-state index in [2.05, 4.69) is 4.98 Å². The lowest BCUT2D eigenvalue weighted by molar-refractivity contribution is -0.139. The van der Waals surface area contributed by atoms with Crippen molar-refractivity contribution in [1.29, 1.82) is 0 Å². The van der Waals surface area contributed by atoms with Gasteiger partial charge in [0.2, 0.25) is 0 Å². The molecular formula is C11H13NO5. The fraction of sp³-hybridized carbons (Fsp3) is 0.364. The molecule has 0 amide bonds. The van der Waals surface area contributed by atoms with Crippen molar-refractivity contribution in [3.63, 3.8) is 0 Å². The Morgan fingerprint density at radius 1 is 1.29 bits per heavy atom. The Morgan fingerprint density at radius 3 is 2.35 bits per heavy atom. The minimum atomic E-state index is -1.04. The molecule has 0 bridgehead atoms. The van der Waals surface area contributed by atoms with E-state index < -0.39 is 17.9 Å². The van der Waals surface area contributed by atoms with E-state index in [1.807, 2.05) is 0 Å². The predicted molar refractivity (Wildman–Crippen MR) is 58.0 cm³/mol. The highest BCUT2D eigenvalue weighted by Gasteiger charge is 2.19. The van der Waals surface area contributed by atoms with E-state index >= 15 is 0 Å². The summed E-state index contributed by atoms with van der Waals surface area (Å²) >= 11 is 0. The van der Waals surface area contributed by atoms with Crippen molar-refractivity contribution in [2.45, 2.75) is 18.8 Å². The first-order valence-corrected chi connectivity index (χ1v) is 4.95. The van der Waals surface area contributed by atoms with Crippen molar-refractivity contribution >= 4 is 11.9 Å². The Balaban J connectivity index is 2.94. The minimum absolute atomic E-state index is 0.249. The third kappa shape index (κ3) is 4.10. The molecule has 0 aliphatic heterocycles.